The standard InChI is InChI=1S/C11H18N2.C2H6/c1-9-6-10(12(2)3)8-11(7-9)13(4)5;1-2/h6-8H,1-5H3;1-2H3. The highest BCUT2D eigenvalue weighted by Crippen LogP contribution is 2.22. The maximum Gasteiger partial charge on any atom is 0.0384 e. The van der Waals surface area contributed by atoms with Crippen LogP contribution in [0.15, 0.2) is 18.2 Å². The second-order valence-electron chi connectivity index (χ2n) is 3.82. The van der Waals surface area contributed by atoms with Gasteiger partial charge in [-0.1, -0.05) is 13.8 Å². The van der Waals surface area contributed by atoms with Gasteiger partial charge < -0.3 is 9.80 Å². The highest BCUT2D eigenvalue weighted by molar-refractivity contribution is 5.60. The van der Waals surface area contributed by atoms with Crippen LogP contribution in [-0.2, 0) is 0 Å². The van der Waals surface area contributed by atoms with Gasteiger partial charge in [0.25, 0.3) is 0 Å². The van der Waals surface area contributed by atoms with Crippen molar-refractivity contribution in [3.05, 3.63) is 23.8 Å². The summed E-state index contributed by atoms with van der Waals surface area (Å²) < 4.78 is 0. The maximum absolute atomic E-state index is 2.19. The van der Waals surface area contributed by atoms with Gasteiger partial charge in [0, 0.05) is 39.6 Å². The van der Waals surface area contributed by atoms with Crippen LogP contribution < -0.4 is 9.80 Å². The third kappa shape index (κ3) is 4.24. The molecular formula is C13H24N2. The molecule has 0 saturated heterocycles. The van der Waals surface area contributed by atoms with Crippen molar-refractivity contribution in [2.45, 2.75) is 20.8 Å². The number of benzene rings is 1. The van der Waals surface area contributed by atoms with E-state index in [0.717, 1.165) is 0 Å². The molecule has 1 aromatic rings. The summed E-state index contributed by atoms with van der Waals surface area (Å²) in [4.78, 5) is 4.25. The lowest BCUT2D eigenvalue weighted by Gasteiger charge is -2.18. The molecular weight excluding hydrogens is 184 g/mol. The van der Waals surface area contributed by atoms with Crippen LogP contribution in [0.5, 0.6) is 0 Å². The molecule has 15 heavy (non-hydrogen) atoms. The average molecular weight is 208 g/mol. The van der Waals surface area contributed by atoms with E-state index in [4.69, 9.17) is 0 Å². The molecule has 0 aliphatic carbocycles. The first kappa shape index (κ1) is 13.8. The number of anilines is 2. The van der Waals surface area contributed by atoms with Gasteiger partial charge in [-0.2, -0.15) is 0 Å². The Kier molecular flexibility index (Phi) is 5.83. The maximum atomic E-state index is 2.19. The smallest absolute Gasteiger partial charge is 0.0384 e. The molecule has 0 aliphatic rings. The largest absolute Gasteiger partial charge is 0.378 e. The van der Waals surface area contributed by atoms with Crippen LogP contribution in [0.25, 0.3) is 0 Å². The molecule has 0 aromatic heterocycles. The molecule has 0 saturated carbocycles. The average Bonchev–Trinajstić information content (AvgIpc) is 2.19. The molecule has 0 bridgehead atoms. The van der Waals surface area contributed by atoms with Crippen LogP contribution >= 0.6 is 0 Å². The third-order valence-electron chi connectivity index (χ3n) is 2.08. The summed E-state index contributed by atoms with van der Waals surface area (Å²) in [6.07, 6.45) is 0. The summed E-state index contributed by atoms with van der Waals surface area (Å²) in [6.45, 7) is 6.12. The Bertz CT molecular complexity index is 264. The van der Waals surface area contributed by atoms with E-state index in [0.29, 0.717) is 0 Å². The van der Waals surface area contributed by atoms with Crippen molar-refractivity contribution in [3.8, 4) is 0 Å². The highest BCUT2D eigenvalue weighted by atomic mass is 15.1. The minimum Gasteiger partial charge on any atom is -0.378 e. The zero-order valence-corrected chi connectivity index (χ0v) is 11.1. The van der Waals surface area contributed by atoms with Crippen molar-refractivity contribution < 1.29 is 0 Å². The molecule has 0 aliphatic heterocycles. The van der Waals surface area contributed by atoms with Crippen molar-refractivity contribution in [2.24, 2.45) is 0 Å². The van der Waals surface area contributed by atoms with Crippen molar-refractivity contribution in [1.29, 1.82) is 0 Å². The van der Waals surface area contributed by atoms with E-state index in [1.54, 1.807) is 0 Å². The zero-order valence-electron chi connectivity index (χ0n) is 11.1. The second-order valence-corrected chi connectivity index (χ2v) is 3.82. The minimum atomic E-state index is 1.25. The molecule has 0 heterocycles. The van der Waals surface area contributed by atoms with Crippen LogP contribution in [0.1, 0.15) is 19.4 Å². The fourth-order valence-electron chi connectivity index (χ4n) is 1.26. The lowest BCUT2D eigenvalue weighted by Crippen LogP contribution is -2.12. The molecule has 0 radical (unpaired) electrons. The fourth-order valence-corrected chi connectivity index (χ4v) is 1.26. The van der Waals surface area contributed by atoms with Gasteiger partial charge in [0.1, 0.15) is 0 Å². The first-order valence-corrected chi connectivity index (χ1v) is 5.47. The predicted octanol–water partition coefficient (Wildman–Crippen LogP) is 3.15. The lowest BCUT2D eigenvalue weighted by molar-refractivity contribution is 1.10. The molecule has 0 N–H and O–H groups in total. The molecule has 2 nitrogen and oxygen atoms in total. The van der Waals surface area contributed by atoms with E-state index in [9.17, 15) is 0 Å². The Morgan fingerprint density at radius 1 is 0.733 bits per heavy atom. The Labute approximate surface area is 94.5 Å². The van der Waals surface area contributed by atoms with E-state index in [2.05, 4.69) is 63.1 Å². The molecule has 86 valence electrons. The van der Waals surface area contributed by atoms with Crippen LogP contribution in [0, 0.1) is 6.92 Å². The van der Waals surface area contributed by atoms with Crippen molar-refractivity contribution in [3.63, 3.8) is 0 Å². The fraction of sp³-hybridized carbons (Fsp3) is 0.538. The molecule has 0 amide bonds. The van der Waals surface area contributed by atoms with Crippen molar-refractivity contribution >= 4 is 11.4 Å². The Morgan fingerprint density at radius 2 is 1.07 bits per heavy atom. The third-order valence-corrected chi connectivity index (χ3v) is 2.08. The summed E-state index contributed by atoms with van der Waals surface area (Å²) in [5.74, 6) is 0. The molecule has 0 atom stereocenters. The molecule has 1 rings (SSSR count). The number of hydrogen-bond acceptors (Lipinski definition) is 2. The van der Waals surface area contributed by atoms with Crippen LogP contribution in [-0.4, -0.2) is 28.2 Å². The molecule has 2 heteroatoms. The predicted molar refractivity (Wildman–Crippen MR) is 71.2 cm³/mol. The summed E-state index contributed by atoms with van der Waals surface area (Å²) in [5, 5.41) is 0. The number of aryl methyl sites for hydroxylation is 1. The normalized spacial score (nSPS) is 9.00. The van der Waals surface area contributed by atoms with Gasteiger partial charge in [0.05, 0.1) is 0 Å². The lowest BCUT2D eigenvalue weighted by atomic mass is 10.2. The topological polar surface area (TPSA) is 6.48 Å². The quantitative estimate of drug-likeness (QED) is 0.736. The first-order valence-electron chi connectivity index (χ1n) is 5.47. The molecule has 1 aromatic carbocycles. The van der Waals surface area contributed by atoms with Crippen molar-refractivity contribution in [2.75, 3.05) is 38.0 Å². The van der Waals surface area contributed by atoms with Gasteiger partial charge >= 0.3 is 0 Å². The van der Waals surface area contributed by atoms with E-state index < -0.39 is 0 Å². The molecule has 0 spiro atoms. The SMILES string of the molecule is CC.Cc1cc(N(C)C)cc(N(C)C)c1. The number of rotatable bonds is 2. The number of nitrogens with zero attached hydrogens (tertiary/aromatic N) is 2. The molecule has 0 unspecified atom stereocenters. The van der Waals surface area contributed by atoms with Gasteiger partial charge in [0.15, 0.2) is 0 Å². The summed E-state index contributed by atoms with van der Waals surface area (Å²) in [5.41, 5.74) is 3.81. The second kappa shape index (κ2) is 6.33. The van der Waals surface area contributed by atoms with E-state index in [1.807, 2.05) is 13.8 Å². The van der Waals surface area contributed by atoms with Crippen LogP contribution in [0.2, 0.25) is 0 Å². The van der Waals surface area contributed by atoms with Gasteiger partial charge in [-0.25, -0.2) is 0 Å². The van der Waals surface area contributed by atoms with Gasteiger partial charge in [0.2, 0.25) is 0 Å². The minimum absolute atomic E-state index is 1.25. The van der Waals surface area contributed by atoms with E-state index >= 15 is 0 Å². The van der Waals surface area contributed by atoms with Crippen LogP contribution in [0.4, 0.5) is 11.4 Å². The Balaban J connectivity index is 0.000000921. The summed E-state index contributed by atoms with van der Waals surface area (Å²) in [6, 6.07) is 6.56. The Morgan fingerprint density at radius 3 is 1.33 bits per heavy atom. The zero-order chi connectivity index (χ0) is 12.0. The van der Waals surface area contributed by atoms with Crippen molar-refractivity contribution in [1.82, 2.24) is 0 Å². The first-order chi connectivity index (χ1) is 7.00. The number of hydrogen-bond donors (Lipinski definition) is 0. The van der Waals surface area contributed by atoms with Gasteiger partial charge in [-0.3, -0.25) is 0 Å². The van der Waals surface area contributed by atoms with Gasteiger partial charge in [-0.15, -0.1) is 0 Å². The Hall–Kier alpha value is -1.18. The van der Waals surface area contributed by atoms with E-state index in [1.165, 1.54) is 16.9 Å². The highest BCUT2D eigenvalue weighted by Gasteiger charge is 2.01. The van der Waals surface area contributed by atoms with Gasteiger partial charge in [-0.05, 0) is 30.7 Å². The van der Waals surface area contributed by atoms with E-state index in [-0.39, 0.29) is 0 Å². The van der Waals surface area contributed by atoms with Crippen LogP contribution in [0.3, 0.4) is 0 Å². The monoisotopic (exact) mass is 208 g/mol. The summed E-state index contributed by atoms with van der Waals surface area (Å²) in [7, 11) is 8.25. The summed E-state index contributed by atoms with van der Waals surface area (Å²) >= 11 is 0. The molecule has 0 fully saturated rings.